The lowest BCUT2D eigenvalue weighted by atomic mass is 10.1. The molecular formula is C19H17F3N4O. The number of amides is 1. The predicted octanol–water partition coefficient (Wildman–Crippen LogP) is 3.68. The van der Waals surface area contributed by atoms with Gasteiger partial charge in [0, 0.05) is 18.0 Å². The molecular weight excluding hydrogens is 357 g/mol. The van der Waals surface area contributed by atoms with Gasteiger partial charge in [0.25, 0.3) is 0 Å². The molecule has 0 saturated carbocycles. The van der Waals surface area contributed by atoms with Crippen molar-refractivity contribution in [2.24, 2.45) is 0 Å². The van der Waals surface area contributed by atoms with Gasteiger partial charge in [-0.05, 0) is 49.2 Å². The monoisotopic (exact) mass is 374 g/mol. The van der Waals surface area contributed by atoms with Gasteiger partial charge in [-0.25, -0.2) is 4.68 Å². The Balaban J connectivity index is 1.81. The molecule has 0 spiro atoms. The van der Waals surface area contributed by atoms with E-state index in [0.29, 0.717) is 17.1 Å². The number of nitrogens with zero attached hydrogens (tertiary/aromatic N) is 4. The molecule has 0 radical (unpaired) electrons. The van der Waals surface area contributed by atoms with Gasteiger partial charge in [-0.3, -0.25) is 4.79 Å². The molecule has 0 fully saturated rings. The summed E-state index contributed by atoms with van der Waals surface area (Å²) in [5.74, 6) is -1.19. The number of alkyl halides is 3. The fourth-order valence-electron chi connectivity index (χ4n) is 3.30. The second kappa shape index (κ2) is 6.00. The number of aromatic nitrogens is 3. The summed E-state index contributed by atoms with van der Waals surface area (Å²) in [6.45, 7) is 3.73. The summed E-state index contributed by atoms with van der Waals surface area (Å²) in [6.07, 6.45) is -1.27. The summed E-state index contributed by atoms with van der Waals surface area (Å²) in [4.78, 5) is 12.4. The summed E-state index contributed by atoms with van der Waals surface area (Å²) < 4.78 is 42.0. The molecule has 27 heavy (non-hydrogen) atoms. The molecule has 3 aromatic rings. The smallest absolute Gasteiger partial charge is 0.324 e. The molecule has 0 bridgehead atoms. The first-order valence-electron chi connectivity index (χ1n) is 8.43. The maximum atomic E-state index is 12.8. The normalized spacial score (nSPS) is 13.9. The first-order chi connectivity index (χ1) is 12.8. The van der Waals surface area contributed by atoms with E-state index in [1.807, 2.05) is 61.1 Å². The van der Waals surface area contributed by atoms with Gasteiger partial charge in [0.1, 0.15) is 5.82 Å². The van der Waals surface area contributed by atoms with Crippen LogP contribution in [0.5, 0.6) is 0 Å². The van der Waals surface area contributed by atoms with Gasteiger partial charge in [0.15, 0.2) is 0 Å². The van der Waals surface area contributed by atoms with E-state index in [-0.39, 0.29) is 13.1 Å². The molecule has 1 amide bonds. The summed E-state index contributed by atoms with van der Waals surface area (Å²) in [5.41, 5.74) is 4.17. The van der Waals surface area contributed by atoms with E-state index in [4.69, 9.17) is 0 Å². The average molecular weight is 374 g/mol. The number of halogens is 3. The van der Waals surface area contributed by atoms with Crippen LogP contribution in [0.3, 0.4) is 0 Å². The van der Waals surface area contributed by atoms with Crippen LogP contribution in [-0.2, 0) is 17.9 Å². The van der Waals surface area contributed by atoms with Crippen LogP contribution in [0.15, 0.2) is 42.7 Å². The predicted molar refractivity (Wildman–Crippen MR) is 92.7 cm³/mol. The zero-order valence-electron chi connectivity index (χ0n) is 14.8. The molecule has 0 saturated heterocycles. The number of carbonyl (C=O) groups is 1. The van der Waals surface area contributed by atoms with Crippen LogP contribution in [-0.4, -0.2) is 31.3 Å². The summed E-state index contributed by atoms with van der Waals surface area (Å²) in [5, 5.41) is 4.54. The lowest BCUT2D eigenvalue weighted by Gasteiger charge is -2.18. The quantitative estimate of drug-likeness (QED) is 0.687. The third-order valence-electron chi connectivity index (χ3n) is 4.84. The van der Waals surface area contributed by atoms with Crippen molar-refractivity contribution in [3.63, 3.8) is 0 Å². The van der Waals surface area contributed by atoms with E-state index < -0.39 is 12.1 Å². The Morgan fingerprint density at radius 2 is 1.78 bits per heavy atom. The third kappa shape index (κ3) is 2.90. The molecule has 0 N–H and O–H groups in total. The van der Waals surface area contributed by atoms with Gasteiger partial charge in [0.2, 0.25) is 0 Å². The molecule has 2 aromatic heterocycles. The molecule has 1 aliphatic heterocycles. The number of carbonyl (C=O) groups excluding carboxylic acids is 1. The van der Waals surface area contributed by atoms with Crippen LogP contribution >= 0.6 is 0 Å². The van der Waals surface area contributed by atoms with Crippen LogP contribution in [0.2, 0.25) is 0 Å². The van der Waals surface area contributed by atoms with E-state index in [1.54, 1.807) is 4.68 Å². The molecule has 8 heteroatoms. The van der Waals surface area contributed by atoms with Gasteiger partial charge >= 0.3 is 12.1 Å². The highest BCUT2D eigenvalue weighted by Crippen LogP contribution is 2.33. The number of hydrogen-bond donors (Lipinski definition) is 0. The molecule has 0 atom stereocenters. The maximum absolute atomic E-state index is 12.8. The Morgan fingerprint density at radius 1 is 1.07 bits per heavy atom. The van der Waals surface area contributed by atoms with Crippen molar-refractivity contribution < 1.29 is 18.0 Å². The first kappa shape index (κ1) is 17.4. The van der Waals surface area contributed by atoms with Crippen molar-refractivity contribution in [1.29, 1.82) is 0 Å². The van der Waals surface area contributed by atoms with E-state index in [9.17, 15) is 18.0 Å². The van der Waals surface area contributed by atoms with Crippen LogP contribution in [0.25, 0.3) is 11.5 Å². The summed E-state index contributed by atoms with van der Waals surface area (Å²) >= 11 is 0. The number of fused-ring (bicyclic) bond motifs is 1. The minimum absolute atomic E-state index is 0.119. The molecule has 140 valence electrons. The molecule has 3 heterocycles. The Labute approximate surface area is 153 Å². The van der Waals surface area contributed by atoms with Crippen molar-refractivity contribution in [3.05, 3.63) is 65.1 Å². The summed E-state index contributed by atoms with van der Waals surface area (Å²) in [7, 11) is 0. The molecule has 5 nitrogen and oxygen atoms in total. The van der Waals surface area contributed by atoms with Gasteiger partial charge in [-0.1, -0.05) is 6.07 Å². The zero-order valence-corrected chi connectivity index (χ0v) is 14.8. The van der Waals surface area contributed by atoms with Gasteiger partial charge < -0.3 is 9.47 Å². The van der Waals surface area contributed by atoms with Gasteiger partial charge in [-0.15, -0.1) is 0 Å². The average Bonchev–Trinajstić information content (AvgIpc) is 3.30. The molecule has 0 unspecified atom stereocenters. The standard InChI is InChI=1S/C19H17F3N4O/c1-12-5-6-14(9-13(12)2)26-17(24-7-3-4-8-24)15-10-25(11-16(15)23-26)18(27)19(20,21)22/h3-9H,10-11H2,1-2H3. The molecule has 0 aliphatic carbocycles. The minimum atomic E-state index is -4.89. The van der Waals surface area contributed by atoms with Crippen molar-refractivity contribution in [3.8, 4) is 11.5 Å². The number of aryl methyl sites for hydroxylation is 2. The third-order valence-corrected chi connectivity index (χ3v) is 4.84. The number of hydrogen-bond acceptors (Lipinski definition) is 2. The highest BCUT2D eigenvalue weighted by atomic mass is 19.4. The second-order valence-corrected chi connectivity index (χ2v) is 6.68. The minimum Gasteiger partial charge on any atom is -0.324 e. The molecule has 1 aromatic carbocycles. The Morgan fingerprint density at radius 3 is 2.41 bits per heavy atom. The number of benzene rings is 1. The number of rotatable bonds is 2. The van der Waals surface area contributed by atoms with E-state index in [0.717, 1.165) is 21.7 Å². The highest BCUT2D eigenvalue weighted by Gasteiger charge is 2.45. The lowest BCUT2D eigenvalue weighted by Crippen LogP contribution is -2.38. The van der Waals surface area contributed by atoms with Gasteiger partial charge in [-0.2, -0.15) is 18.3 Å². The Bertz CT molecular complexity index is 1020. The lowest BCUT2D eigenvalue weighted by molar-refractivity contribution is -0.186. The van der Waals surface area contributed by atoms with Crippen molar-refractivity contribution in [2.75, 3.05) is 0 Å². The zero-order chi connectivity index (χ0) is 19.3. The van der Waals surface area contributed by atoms with Crippen LogP contribution in [0.4, 0.5) is 13.2 Å². The van der Waals surface area contributed by atoms with Crippen LogP contribution < -0.4 is 0 Å². The van der Waals surface area contributed by atoms with Crippen LogP contribution in [0, 0.1) is 13.8 Å². The van der Waals surface area contributed by atoms with Crippen molar-refractivity contribution in [1.82, 2.24) is 19.2 Å². The van der Waals surface area contributed by atoms with E-state index in [2.05, 4.69) is 5.10 Å². The molecule has 1 aliphatic rings. The highest BCUT2D eigenvalue weighted by molar-refractivity contribution is 5.82. The fraction of sp³-hybridized carbons (Fsp3) is 0.263. The Hall–Kier alpha value is -3.03. The Kier molecular flexibility index (Phi) is 3.87. The van der Waals surface area contributed by atoms with Gasteiger partial charge in [0.05, 0.1) is 24.5 Å². The molecule has 4 rings (SSSR count). The SMILES string of the molecule is Cc1ccc(-n2nc3c(c2-n2cccc2)CN(C(=O)C(F)(F)F)C3)cc1C. The second-order valence-electron chi connectivity index (χ2n) is 6.68. The van der Waals surface area contributed by atoms with Crippen LogP contribution in [0.1, 0.15) is 22.4 Å². The van der Waals surface area contributed by atoms with E-state index in [1.165, 1.54) is 0 Å². The largest absolute Gasteiger partial charge is 0.471 e. The van der Waals surface area contributed by atoms with Crippen molar-refractivity contribution >= 4 is 5.91 Å². The van der Waals surface area contributed by atoms with Crippen molar-refractivity contribution in [2.45, 2.75) is 33.1 Å². The van der Waals surface area contributed by atoms with E-state index >= 15 is 0 Å². The fourth-order valence-corrected chi connectivity index (χ4v) is 3.30. The maximum Gasteiger partial charge on any atom is 0.471 e. The topological polar surface area (TPSA) is 43.1 Å². The first-order valence-corrected chi connectivity index (χ1v) is 8.43. The summed E-state index contributed by atoms with van der Waals surface area (Å²) in [6, 6.07) is 9.56.